The lowest BCUT2D eigenvalue weighted by Crippen LogP contribution is -2.07. The predicted molar refractivity (Wildman–Crippen MR) is 87.3 cm³/mol. The van der Waals surface area contributed by atoms with E-state index in [0.717, 1.165) is 27.6 Å². The Morgan fingerprint density at radius 1 is 1.10 bits per heavy atom. The van der Waals surface area contributed by atoms with Gasteiger partial charge in [0, 0.05) is 18.7 Å². The number of hydrogen-bond donors (Lipinski definition) is 1. The zero-order chi connectivity index (χ0) is 15.1. The summed E-state index contributed by atoms with van der Waals surface area (Å²) in [5.41, 5.74) is 3.17. The Morgan fingerprint density at radius 3 is 2.67 bits per heavy atom. The van der Waals surface area contributed by atoms with E-state index in [1.807, 2.05) is 43.3 Å². The molecule has 4 heteroatoms. The van der Waals surface area contributed by atoms with Gasteiger partial charge >= 0.3 is 0 Å². The molecule has 0 unspecified atom stereocenters. The minimum absolute atomic E-state index is 0.528. The summed E-state index contributed by atoms with van der Waals surface area (Å²) in [4.78, 5) is 0. The first-order valence-electron chi connectivity index (χ1n) is 6.90. The van der Waals surface area contributed by atoms with E-state index in [1.54, 1.807) is 7.11 Å². The van der Waals surface area contributed by atoms with Gasteiger partial charge in [-0.2, -0.15) is 0 Å². The number of halogens is 1. The molecule has 0 heterocycles. The largest absolute Gasteiger partial charge is 0.489 e. The summed E-state index contributed by atoms with van der Waals surface area (Å²) in [7, 11) is 1.66. The SMILES string of the molecule is COCCOc1cc(C)ccc1NCc1ccccc1Cl. The zero-order valence-electron chi connectivity index (χ0n) is 12.4. The van der Waals surface area contributed by atoms with Crippen LogP contribution in [0.5, 0.6) is 5.75 Å². The zero-order valence-corrected chi connectivity index (χ0v) is 13.1. The summed E-state index contributed by atoms with van der Waals surface area (Å²) in [6.07, 6.45) is 0. The third-order valence-corrected chi connectivity index (χ3v) is 3.48. The monoisotopic (exact) mass is 305 g/mol. The predicted octanol–water partition coefficient (Wildman–Crippen LogP) is 4.29. The van der Waals surface area contributed by atoms with E-state index in [1.165, 1.54) is 0 Å². The van der Waals surface area contributed by atoms with Crippen LogP contribution in [0.4, 0.5) is 5.69 Å². The van der Waals surface area contributed by atoms with E-state index in [-0.39, 0.29) is 0 Å². The van der Waals surface area contributed by atoms with Gasteiger partial charge in [-0.25, -0.2) is 0 Å². The molecule has 3 nitrogen and oxygen atoms in total. The highest BCUT2D eigenvalue weighted by atomic mass is 35.5. The molecule has 2 aromatic carbocycles. The summed E-state index contributed by atoms with van der Waals surface area (Å²) >= 11 is 6.17. The summed E-state index contributed by atoms with van der Waals surface area (Å²) in [5.74, 6) is 0.833. The summed E-state index contributed by atoms with van der Waals surface area (Å²) < 4.78 is 10.8. The maximum Gasteiger partial charge on any atom is 0.142 e. The van der Waals surface area contributed by atoms with Crippen LogP contribution >= 0.6 is 11.6 Å². The third-order valence-electron chi connectivity index (χ3n) is 3.11. The van der Waals surface area contributed by atoms with Crippen LogP contribution in [0.25, 0.3) is 0 Å². The summed E-state index contributed by atoms with van der Waals surface area (Å²) in [5, 5.41) is 4.14. The second-order valence-corrected chi connectivity index (χ2v) is 5.19. The smallest absolute Gasteiger partial charge is 0.142 e. The molecular formula is C17H20ClNO2. The number of aryl methyl sites for hydroxylation is 1. The van der Waals surface area contributed by atoms with Crippen LogP contribution in [-0.2, 0) is 11.3 Å². The molecule has 0 amide bonds. The molecule has 0 fully saturated rings. The van der Waals surface area contributed by atoms with Crippen molar-refractivity contribution in [2.75, 3.05) is 25.6 Å². The molecule has 1 N–H and O–H groups in total. The molecule has 0 radical (unpaired) electrons. The minimum atomic E-state index is 0.528. The first kappa shape index (κ1) is 15.7. The van der Waals surface area contributed by atoms with Gasteiger partial charge in [-0.1, -0.05) is 35.9 Å². The highest BCUT2D eigenvalue weighted by Crippen LogP contribution is 2.27. The Labute approximate surface area is 130 Å². The first-order chi connectivity index (χ1) is 10.2. The van der Waals surface area contributed by atoms with Crippen molar-refractivity contribution in [3.63, 3.8) is 0 Å². The lowest BCUT2D eigenvalue weighted by molar-refractivity contribution is 0.146. The number of ether oxygens (including phenoxy) is 2. The Kier molecular flexibility index (Phi) is 5.90. The Hall–Kier alpha value is -1.71. The molecule has 0 saturated heterocycles. The molecular weight excluding hydrogens is 286 g/mol. The molecule has 2 rings (SSSR count). The molecule has 2 aromatic rings. The number of nitrogens with one attached hydrogen (secondary N) is 1. The molecule has 0 aliphatic carbocycles. The molecule has 0 saturated carbocycles. The molecule has 0 bridgehead atoms. The maximum atomic E-state index is 6.17. The number of hydrogen-bond acceptors (Lipinski definition) is 3. The van der Waals surface area contributed by atoms with Gasteiger partial charge in [0.2, 0.25) is 0 Å². The molecule has 0 aliphatic rings. The van der Waals surface area contributed by atoms with Gasteiger partial charge < -0.3 is 14.8 Å². The van der Waals surface area contributed by atoms with Crippen LogP contribution in [0.15, 0.2) is 42.5 Å². The van der Waals surface area contributed by atoms with E-state index < -0.39 is 0 Å². The van der Waals surface area contributed by atoms with Gasteiger partial charge in [0.05, 0.1) is 12.3 Å². The average Bonchev–Trinajstić information content (AvgIpc) is 2.48. The van der Waals surface area contributed by atoms with E-state index >= 15 is 0 Å². The first-order valence-corrected chi connectivity index (χ1v) is 7.28. The summed E-state index contributed by atoms with van der Waals surface area (Å²) in [6, 6.07) is 13.9. The highest BCUT2D eigenvalue weighted by molar-refractivity contribution is 6.31. The molecule has 112 valence electrons. The van der Waals surface area contributed by atoms with Gasteiger partial charge in [0.1, 0.15) is 12.4 Å². The minimum Gasteiger partial charge on any atom is -0.489 e. The number of benzene rings is 2. The van der Waals surface area contributed by atoms with Gasteiger partial charge in [-0.05, 0) is 36.2 Å². The van der Waals surface area contributed by atoms with Crippen molar-refractivity contribution in [1.29, 1.82) is 0 Å². The highest BCUT2D eigenvalue weighted by Gasteiger charge is 2.05. The Bertz CT molecular complexity index is 587. The second kappa shape index (κ2) is 7.91. The van der Waals surface area contributed by atoms with Crippen molar-refractivity contribution in [2.45, 2.75) is 13.5 Å². The number of rotatable bonds is 7. The molecule has 0 spiro atoms. The average molecular weight is 306 g/mol. The van der Waals surface area contributed by atoms with Crippen molar-refractivity contribution < 1.29 is 9.47 Å². The topological polar surface area (TPSA) is 30.5 Å². The van der Waals surface area contributed by atoms with Gasteiger partial charge in [-0.3, -0.25) is 0 Å². The van der Waals surface area contributed by atoms with Crippen molar-refractivity contribution in [2.24, 2.45) is 0 Å². The maximum absolute atomic E-state index is 6.17. The fraction of sp³-hybridized carbons (Fsp3) is 0.294. The number of methoxy groups -OCH3 is 1. The fourth-order valence-electron chi connectivity index (χ4n) is 1.96. The lowest BCUT2D eigenvalue weighted by atomic mass is 10.2. The number of anilines is 1. The standard InChI is InChI=1S/C17H20ClNO2/c1-13-7-8-16(17(11-13)21-10-9-20-2)19-12-14-5-3-4-6-15(14)18/h3-8,11,19H,9-10,12H2,1-2H3. The van der Waals surface area contributed by atoms with Crippen molar-refractivity contribution >= 4 is 17.3 Å². The second-order valence-electron chi connectivity index (χ2n) is 4.79. The Morgan fingerprint density at radius 2 is 1.90 bits per heavy atom. The quantitative estimate of drug-likeness (QED) is 0.774. The van der Waals surface area contributed by atoms with E-state index in [9.17, 15) is 0 Å². The van der Waals surface area contributed by atoms with E-state index in [2.05, 4.69) is 11.4 Å². The van der Waals surface area contributed by atoms with Crippen LogP contribution in [0, 0.1) is 6.92 Å². The van der Waals surface area contributed by atoms with Crippen molar-refractivity contribution in [1.82, 2.24) is 0 Å². The molecule has 0 atom stereocenters. The van der Waals surface area contributed by atoms with Crippen LogP contribution in [0.3, 0.4) is 0 Å². The molecule has 0 aliphatic heterocycles. The third kappa shape index (κ3) is 4.66. The van der Waals surface area contributed by atoms with Crippen molar-refractivity contribution in [3.05, 3.63) is 58.6 Å². The van der Waals surface area contributed by atoms with Gasteiger partial charge in [-0.15, -0.1) is 0 Å². The summed E-state index contributed by atoms with van der Waals surface area (Å²) in [6.45, 7) is 3.79. The van der Waals surface area contributed by atoms with Gasteiger partial charge in [0.15, 0.2) is 0 Å². The van der Waals surface area contributed by atoms with Crippen molar-refractivity contribution in [3.8, 4) is 5.75 Å². The van der Waals surface area contributed by atoms with Crippen LogP contribution in [-0.4, -0.2) is 20.3 Å². The Balaban J connectivity index is 2.06. The van der Waals surface area contributed by atoms with Crippen LogP contribution in [0.2, 0.25) is 5.02 Å². The van der Waals surface area contributed by atoms with Crippen LogP contribution in [0.1, 0.15) is 11.1 Å². The lowest BCUT2D eigenvalue weighted by Gasteiger charge is -2.14. The van der Waals surface area contributed by atoms with E-state index in [4.69, 9.17) is 21.1 Å². The van der Waals surface area contributed by atoms with Crippen LogP contribution < -0.4 is 10.1 Å². The fourth-order valence-corrected chi connectivity index (χ4v) is 2.16. The van der Waals surface area contributed by atoms with E-state index in [0.29, 0.717) is 19.8 Å². The molecule has 21 heavy (non-hydrogen) atoms. The van der Waals surface area contributed by atoms with Gasteiger partial charge in [0.25, 0.3) is 0 Å². The normalized spacial score (nSPS) is 10.4. The molecule has 0 aromatic heterocycles.